The summed E-state index contributed by atoms with van der Waals surface area (Å²) in [5.41, 5.74) is 3.53. The van der Waals surface area contributed by atoms with Crippen LogP contribution < -0.4 is 10.2 Å². The van der Waals surface area contributed by atoms with E-state index in [0.717, 1.165) is 12.1 Å². The molecule has 0 aliphatic rings. The zero-order valence-corrected chi connectivity index (χ0v) is 13.1. The monoisotopic (exact) mass is 299 g/mol. The van der Waals surface area contributed by atoms with Crippen LogP contribution in [0.5, 0.6) is 0 Å². The average Bonchev–Trinajstić information content (AvgIpc) is 2.53. The van der Waals surface area contributed by atoms with E-state index in [0.29, 0.717) is 0 Å². The fourth-order valence-electron chi connectivity index (χ4n) is 2.22. The largest absolute Gasteiger partial charge is 0.378 e. The standard InChI is InChI=1S/C17H21N3O2/c1-13(15-7-9-16(10-8-15)20(21)22)18-12-14-5-4-6-17(11-14)19(2)3/h4-11,13,18H,12H2,1-3H3/t13-/m0/s1. The third-order valence-electron chi connectivity index (χ3n) is 3.64. The molecule has 0 heterocycles. The lowest BCUT2D eigenvalue weighted by Crippen LogP contribution is -2.18. The van der Waals surface area contributed by atoms with E-state index in [2.05, 4.69) is 35.3 Å². The Labute approximate surface area is 130 Å². The Morgan fingerprint density at radius 2 is 1.86 bits per heavy atom. The van der Waals surface area contributed by atoms with Gasteiger partial charge in [-0.3, -0.25) is 10.1 Å². The molecule has 0 spiro atoms. The van der Waals surface area contributed by atoms with Gasteiger partial charge in [0.05, 0.1) is 4.92 Å². The maximum Gasteiger partial charge on any atom is 0.269 e. The third-order valence-corrected chi connectivity index (χ3v) is 3.64. The second kappa shape index (κ2) is 7.04. The molecule has 0 amide bonds. The van der Waals surface area contributed by atoms with Gasteiger partial charge in [-0.2, -0.15) is 0 Å². The molecule has 22 heavy (non-hydrogen) atoms. The number of benzene rings is 2. The summed E-state index contributed by atoms with van der Waals surface area (Å²) in [6.07, 6.45) is 0. The van der Waals surface area contributed by atoms with Crippen molar-refractivity contribution in [2.45, 2.75) is 19.5 Å². The van der Waals surface area contributed by atoms with Gasteiger partial charge in [0.15, 0.2) is 0 Å². The van der Waals surface area contributed by atoms with E-state index >= 15 is 0 Å². The summed E-state index contributed by atoms with van der Waals surface area (Å²) in [5, 5.41) is 14.1. The number of nitro benzene ring substituents is 1. The lowest BCUT2D eigenvalue weighted by molar-refractivity contribution is -0.384. The number of nitrogens with one attached hydrogen (secondary N) is 1. The van der Waals surface area contributed by atoms with Crippen LogP contribution in [0, 0.1) is 10.1 Å². The molecule has 1 N–H and O–H groups in total. The summed E-state index contributed by atoms with van der Waals surface area (Å²) in [6.45, 7) is 2.80. The first-order valence-corrected chi connectivity index (χ1v) is 7.21. The van der Waals surface area contributed by atoms with Crippen LogP contribution in [0.25, 0.3) is 0 Å². The minimum absolute atomic E-state index is 0.120. The molecule has 1 atom stereocenters. The topological polar surface area (TPSA) is 58.4 Å². The maximum absolute atomic E-state index is 10.7. The average molecular weight is 299 g/mol. The Morgan fingerprint density at radius 3 is 2.45 bits per heavy atom. The van der Waals surface area contributed by atoms with Crippen LogP contribution in [0.1, 0.15) is 24.1 Å². The van der Waals surface area contributed by atoms with Gasteiger partial charge in [-0.1, -0.05) is 24.3 Å². The predicted molar refractivity (Wildman–Crippen MR) is 89.1 cm³/mol. The van der Waals surface area contributed by atoms with Crippen LogP contribution in [-0.4, -0.2) is 19.0 Å². The molecule has 2 aromatic carbocycles. The number of non-ortho nitro benzene ring substituents is 1. The second-order valence-electron chi connectivity index (χ2n) is 5.52. The molecule has 0 aliphatic heterocycles. The van der Waals surface area contributed by atoms with E-state index < -0.39 is 0 Å². The SMILES string of the molecule is C[C@H](NCc1cccc(N(C)C)c1)c1ccc([N+](=O)[O-])cc1. The van der Waals surface area contributed by atoms with Gasteiger partial charge in [0.25, 0.3) is 5.69 Å². The Hall–Kier alpha value is -2.40. The van der Waals surface area contributed by atoms with E-state index in [1.54, 1.807) is 24.3 Å². The summed E-state index contributed by atoms with van der Waals surface area (Å²) in [5.74, 6) is 0. The lowest BCUT2D eigenvalue weighted by atomic mass is 10.1. The van der Waals surface area contributed by atoms with Gasteiger partial charge in [0.2, 0.25) is 0 Å². The van der Waals surface area contributed by atoms with Crippen LogP contribution >= 0.6 is 0 Å². The van der Waals surface area contributed by atoms with Crippen LogP contribution in [0.2, 0.25) is 0 Å². The number of hydrogen-bond acceptors (Lipinski definition) is 4. The van der Waals surface area contributed by atoms with Gasteiger partial charge >= 0.3 is 0 Å². The molecule has 0 bridgehead atoms. The number of rotatable bonds is 6. The predicted octanol–water partition coefficient (Wildman–Crippen LogP) is 3.51. The molecule has 0 aromatic heterocycles. The van der Waals surface area contributed by atoms with E-state index in [9.17, 15) is 10.1 Å². The highest BCUT2D eigenvalue weighted by Gasteiger charge is 2.09. The van der Waals surface area contributed by atoms with Crippen LogP contribution in [0.3, 0.4) is 0 Å². The van der Waals surface area contributed by atoms with E-state index in [1.807, 2.05) is 20.2 Å². The molecular weight excluding hydrogens is 278 g/mol. The van der Waals surface area contributed by atoms with Gasteiger partial charge in [-0.15, -0.1) is 0 Å². The Kier molecular flexibility index (Phi) is 5.12. The van der Waals surface area contributed by atoms with Gasteiger partial charge in [-0.25, -0.2) is 0 Å². The summed E-state index contributed by atoms with van der Waals surface area (Å²) >= 11 is 0. The Morgan fingerprint density at radius 1 is 1.18 bits per heavy atom. The normalized spacial score (nSPS) is 12.0. The van der Waals surface area contributed by atoms with Gasteiger partial charge in [-0.05, 0) is 30.2 Å². The molecule has 116 valence electrons. The first kappa shape index (κ1) is 16.0. The van der Waals surface area contributed by atoms with Crippen molar-refractivity contribution in [3.8, 4) is 0 Å². The Balaban J connectivity index is 1.98. The molecule has 2 aromatic rings. The molecule has 2 rings (SSSR count). The molecule has 0 unspecified atom stereocenters. The number of nitro groups is 1. The van der Waals surface area contributed by atoms with E-state index in [-0.39, 0.29) is 16.7 Å². The van der Waals surface area contributed by atoms with E-state index in [1.165, 1.54) is 11.3 Å². The molecule has 5 heteroatoms. The first-order valence-electron chi connectivity index (χ1n) is 7.21. The number of hydrogen-bond donors (Lipinski definition) is 1. The fraction of sp³-hybridized carbons (Fsp3) is 0.294. The van der Waals surface area contributed by atoms with Crippen molar-refractivity contribution in [2.24, 2.45) is 0 Å². The zero-order valence-electron chi connectivity index (χ0n) is 13.1. The zero-order chi connectivity index (χ0) is 16.1. The van der Waals surface area contributed by atoms with Crippen molar-refractivity contribution in [3.05, 3.63) is 69.8 Å². The van der Waals surface area contributed by atoms with Crippen LogP contribution in [0.15, 0.2) is 48.5 Å². The van der Waals surface area contributed by atoms with Gasteiger partial charge in [0.1, 0.15) is 0 Å². The summed E-state index contributed by atoms with van der Waals surface area (Å²) < 4.78 is 0. The molecule has 0 saturated heterocycles. The quantitative estimate of drug-likeness (QED) is 0.655. The maximum atomic E-state index is 10.7. The van der Waals surface area contributed by atoms with Gasteiger partial charge < -0.3 is 10.2 Å². The molecular formula is C17H21N3O2. The fourth-order valence-corrected chi connectivity index (χ4v) is 2.22. The third kappa shape index (κ3) is 4.05. The van der Waals surface area contributed by atoms with Crippen molar-refractivity contribution in [1.82, 2.24) is 5.32 Å². The van der Waals surface area contributed by atoms with Crippen molar-refractivity contribution < 1.29 is 4.92 Å². The van der Waals surface area contributed by atoms with Crippen LogP contribution in [0.4, 0.5) is 11.4 Å². The van der Waals surface area contributed by atoms with Crippen LogP contribution in [-0.2, 0) is 6.54 Å². The molecule has 0 fully saturated rings. The van der Waals surface area contributed by atoms with E-state index in [4.69, 9.17) is 0 Å². The molecule has 0 saturated carbocycles. The molecule has 5 nitrogen and oxygen atoms in total. The number of anilines is 1. The first-order chi connectivity index (χ1) is 10.5. The minimum Gasteiger partial charge on any atom is -0.378 e. The smallest absolute Gasteiger partial charge is 0.269 e. The number of nitrogens with zero attached hydrogens (tertiary/aromatic N) is 2. The van der Waals surface area contributed by atoms with Crippen molar-refractivity contribution >= 4 is 11.4 Å². The molecule has 0 radical (unpaired) electrons. The van der Waals surface area contributed by atoms with Crippen molar-refractivity contribution in [1.29, 1.82) is 0 Å². The lowest BCUT2D eigenvalue weighted by Gasteiger charge is -2.16. The highest BCUT2D eigenvalue weighted by atomic mass is 16.6. The summed E-state index contributed by atoms with van der Waals surface area (Å²) in [6, 6.07) is 15.2. The Bertz CT molecular complexity index is 639. The summed E-state index contributed by atoms with van der Waals surface area (Å²) in [7, 11) is 4.04. The highest BCUT2D eigenvalue weighted by Crippen LogP contribution is 2.19. The molecule has 0 aliphatic carbocycles. The van der Waals surface area contributed by atoms with Crippen molar-refractivity contribution in [2.75, 3.05) is 19.0 Å². The minimum atomic E-state index is -0.380. The van der Waals surface area contributed by atoms with Crippen molar-refractivity contribution in [3.63, 3.8) is 0 Å². The highest BCUT2D eigenvalue weighted by molar-refractivity contribution is 5.47. The van der Waals surface area contributed by atoms with Gasteiger partial charge in [0, 0.05) is 44.5 Å². The second-order valence-corrected chi connectivity index (χ2v) is 5.52. The summed E-state index contributed by atoms with van der Waals surface area (Å²) in [4.78, 5) is 12.4.